The van der Waals surface area contributed by atoms with E-state index in [1.165, 1.54) is 10.7 Å². The fraction of sp³-hybridized carbons (Fsp3) is 0.375. The molecule has 0 saturated carbocycles. The van der Waals surface area contributed by atoms with Crippen LogP contribution >= 0.6 is 11.8 Å². The summed E-state index contributed by atoms with van der Waals surface area (Å²) in [4.78, 5) is 30.2. The summed E-state index contributed by atoms with van der Waals surface area (Å²) in [5.74, 6) is 2.84. The Morgan fingerprint density at radius 1 is 1.13 bits per heavy atom. The van der Waals surface area contributed by atoms with E-state index in [-0.39, 0.29) is 24.3 Å². The van der Waals surface area contributed by atoms with Crippen molar-refractivity contribution in [1.29, 1.82) is 0 Å². The lowest BCUT2D eigenvalue weighted by atomic mass is 10.1. The molecule has 1 fully saturated rings. The van der Waals surface area contributed by atoms with Crippen molar-refractivity contribution >= 4 is 23.4 Å². The number of anilines is 1. The molecule has 3 rings (SSSR count). The minimum absolute atomic E-state index is 0.00239. The van der Waals surface area contributed by atoms with Gasteiger partial charge in [0.05, 0.1) is 0 Å². The summed E-state index contributed by atoms with van der Waals surface area (Å²) in [6.07, 6.45) is 3.59. The summed E-state index contributed by atoms with van der Waals surface area (Å²) in [7, 11) is 0. The third-order valence-electron chi connectivity index (χ3n) is 3.66. The second-order valence-electron chi connectivity index (χ2n) is 5.36. The highest BCUT2D eigenvalue weighted by Crippen LogP contribution is 2.15. The molecule has 0 amide bonds. The summed E-state index contributed by atoms with van der Waals surface area (Å²) in [5.41, 5.74) is 0.644. The standard InChI is InChI=1S/C16H18N4O2S/c21-14(11-13-3-5-17-6-4-13)12-20-16(22)2-1-15(18-20)19-7-9-23-10-8-19/h1-6H,7-12H2. The van der Waals surface area contributed by atoms with Crippen LogP contribution in [0.3, 0.4) is 0 Å². The molecule has 7 heteroatoms. The van der Waals surface area contributed by atoms with Crippen molar-refractivity contribution in [2.24, 2.45) is 0 Å². The molecule has 3 heterocycles. The number of carbonyl (C=O) groups is 1. The molecule has 2 aromatic rings. The fourth-order valence-corrected chi connectivity index (χ4v) is 3.37. The molecule has 120 valence electrons. The van der Waals surface area contributed by atoms with Crippen LogP contribution < -0.4 is 10.5 Å². The fourth-order valence-electron chi connectivity index (χ4n) is 2.46. The number of Topliss-reactive ketones (excluding diaryl/α,β-unsaturated/α-hetero) is 1. The van der Waals surface area contributed by atoms with Gasteiger partial charge in [-0.2, -0.15) is 16.9 Å². The SMILES string of the molecule is O=C(Cc1ccncc1)Cn1nc(N2CCSCC2)ccc1=O. The number of pyridine rings is 1. The molecule has 0 aliphatic carbocycles. The van der Waals surface area contributed by atoms with Gasteiger partial charge < -0.3 is 4.90 Å². The van der Waals surface area contributed by atoms with Gasteiger partial charge >= 0.3 is 0 Å². The topological polar surface area (TPSA) is 68.1 Å². The normalized spacial score (nSPS) is 14.7. The molecule has 0 radical (unpaired) electrons. The van der Waals surface area contributed by atoms with Crippen LogP contribution in [0.4, 0.5) is 5.82 Å². The Hall–Kier alpha value is -2.15. The number of thioether (sulfide) groups is 1. The molecular formula is C16H18N4O2S. The third-order valence-corrected chi connectivity index (χ3v) is 4.61. The van der Waals surface area contributed by atoms with Crippen molar-refractivity contribution in [2.75, 3.05) is 29.5 Å². The summed E-state index contributed by atoms with van der Waals surface area (Å²) in [6, 6.07) is 6.83. The summed E-state index contributed by atoms with van der Waals surface area (Å²) in [6.45, 7) is 1.83. The number of rotatable bonds is 5. The molecular weight excluding hydrogens is 312 g/mol. The molecule has 0 unspecified atom stereocenters. The number of nitrogens with zero attached hydrogens (tertiary/aromatic N) is 4. The van der Waals surface area contributed by atoms with Crippen LogP contribution in [0.2, 0.25) is 0 Å². The molecule has 0 bridgehead atoms. The molecule has 1 aliphatic rings. The van der Waals surface area contributed by atoms with E-state index >= 15 is 0 Å². The Labute approximate surface area is 138 Å². The maximum atomic E-state index is 12.2. The highest BCUT2D eigenvalue weighted by atomic mass is 32.2. The van der Waals surface area contributed by atoms with Gasteiger partial charge in [-0.15, -0.1) is 0 Å². The van der Waals surface area contributed by atoms with E-state index in [9.17, 15) is 9.59 Å². The minimum atomic E-state index is -0.247. The third kappa shape index (κ3) is 4.19. The second kappa shape index (κ2) is 7.41. The van der Waals surface area contributed by atoms with Gasteiger partial charge in [0.1, 0.15) is 12.4 Å². The van der Waals surface area contributed by atoms with Gasteiger partial charge in [-0.25, -0.2) is 4.68 Å². The summed E-state index contributed by atoms with van der Waals surface area (Å²) in [5, 5.41) is 4.37. The second-order valence-corrected chi connectivity index (χ2v) is 6.58. The van der Waals surface area contributed by atoms with Gasteiger partial charge in [-0.05, 0) is 23.8 Å². The van der Waals surface area contributed by atoms with Crippen molar-refractivity contribution < 1.29 is 4.79 Å². The average molecular weight is 330 g/mol. The molecule has 0 aromatic carbocycles. The smallest absolute Gasteiger partial charge is 0.267 e. The van der Waals surface area contributed by atoms with Crippen LogP contribution in [-0.2, 0) is 17.8 Å². The lowest BCUT2D eigenvalue weighted by Gasteiger charge is -2.27. The molecule has 0 N–H and O–H groups in total. The number of carbonyl (C=O) groups excluding carboxylic acids is 1. The number of ketones is 1. The van der Waals surface area contributed by atoms with Gasteiger partial charge in [-0.3, -0.25) is 14.6 Å². The molecule has 1 saturated heterocycles. The predicted octanol–water partition coefficient (Wildman–Crippen LogP) is 1.00. The Morgan fingerprint density at radius 2 is 1.87 bits per heavy atom. The van der Waals surface area contributed by atoms with Gasteiger partial charge in [0.15, 0.2) is 5.78 Å². The van der Waals surface area contributed by atoms with E-state index in [0.717, 1.165) is 36.0 Å². The Morgan fingerprint density at radius 3 is 2.61 bits per heavy atom. The molecule has 23 heavy (non-hydrogen) atoms. The first-order valence-corrected chi connectivity index (χ1v) is 8.69. The molecule has 0 spiro atoms. The number of hydrogen-bond acceptors (Lipinski definition) is 6. The average Bonchev–Trinajstić information content (AvgIpc) is 2.58. The van der Waals surface area contributed by atoms with Crippen molar-refractivity contribution in [3.63, 3.8) is 0 Å². The maximum absolute atomic E-state index is 12.2. The van der Waals surface area contributed by atoms with Crippen molar-refractivity contribution in [3.05, 3.63) is 52.6 Å². The van der Waals surface area contributed by atoms with E-state index in [2.05, 4.69) is 15.0 Å². The first-order valence-electron chi connectivity index (χ1n) is 7.54. The monoisotopic (exact) mass is 330 g/mol. The summed E-state index contributed by atoms with van der Waals surface area (Å²) >= 11 is 1.92. The van der Waals surface area contributed by atoms with E-state index in [0.29, 0.717) is 0 Å². The van der Waals surface area contributed by atoms with Gasteiger partial charge in [-0.1, -0.05) is 0 Å². The minimum Gasteiger partial charge on any atom is -0.354 e. The van der Waals surface area contributed by atoms with E-state index in [1.54, 1.807) is 30.6 Å². The van der Waals surface area contributed by atoms with E-state index in [4.69, 9.17) is 0 Å². The molecule has 6 nitrogen and oxygen atoms in total. The molecule has 0 atom stereocenters. The number of aromatic nitrogens is 3. The Kier molecular flexibility index (Phi) is 5.07. The zero-order valence-electron chi connectivity index (χ0n) is 12.7. The van der Waals surface area contributed by atoms with Crippen LogP contribution in [0.1, 0.15) is 5.56 Å². The highest BCUT2D eigenvalue weighted by Gasteiger charge is 2.14. The first-order chi connectivity index (χ1) is 11.2. The molecule has 1 aliphatic heterocycles. The van der Waals surface area contributed by atoms with Crippen LogP contribution in [0.5, 0.6) is 0 Å². The largest absolute Gasteiger partial charge is 0.354 e. The van der Waals surface area contributed by atoms with Crippen molar-refractivity contribution in [2.45, 2.75) is 13.0 Å². The quantitative estimate of drug-likeness (QED) is 0.815. The predicted molar refractivity (Wildman–Crippen MR) is 91.0 cm³/mol. The zero-order valence-corrected chi connectivity index (χ0v) is 13.5. The lowest BCUT2D eigenvalue weighted by Crippen LogP contribution is -2.35. The zero-order chi connectivity index (χ0) is 16.1. The lowest BCUT2D eigenvalue weighted by molar-refractivity contribution is -0.119. The van der Waals surface area contributed by atoms with Crippen LogP contribution in [-0.4, -0.2) is 45.1 Å². The van der Waals surface area contributed by atoms with Gasteiger partial charge in [0.25, 0.3) is 5.56 Å². The van der Waals surface area contributed by atoms with Crippen LogP contribution in [0, 0.1) is 0 Å². The number of hydrogen-bond donors (Lipinski definition) is 0. The van der Waals surface area contributed by atoms with E-state index < -0.39 is 0 Å². The van der Waals surface area contributed by atoms with Crippen LogP contribution in [0.15, 0.2) is 41.5 Å². The summed E-state index contributed by atoms with van der Waals surface area (Å²) < 4.78 is 1.26. The van der Waals surface area contributed by atoms with Gasteiger partial charge in [0, 0.05) is 49.5 Å². The van der Waals surface area contributed by atoms with Gasteiger partial charge in [0.2, 0.25) is 0 Å². The van der Waals surface area contributed by atoms with Crippen molar-refractivity contribution in [3.8, 4) is 0 Å². The molecule has 2 aromatic heterocycles. The highest BCUT2D eigenvalue weighted by molar-refractivity contribution is 7.99. The maximum Gasteiger partial charge on any atom is 0.267 e. The van der Waals surface area contributed by atoms with Crippen molar-refractivity contribution in [1.82, 2.24) is 14.8 Å². The Balaban J connectivity index is 1.71. The van der Waals surface area contributed by atoms with E-state index in [1.807, 2.05) is 11.8 Å². The Bertz CT molecular complexity index is 726. The van der Waals surface area contributed by atoms with Crippen LogP contribution in [0.25, 0.3) is 0 Å². The first kappa shape index (κ1) is 15.7.